The quantitative estimate of drug-likeness (QED) is 0.913. The number of piperidine rings is 1. The largest absolute Gasteiger partial charge is 0.308 e. The van der Waals surface area contributed by atoms with Gasteiger partial charge in [-0.2, -0.15) is 0 Å². The first kappa shape index (κ1) is 13.9. The van der Waals surface area contributed by atoms with Crippen LogP contribution in [-0.4, -0.2) is 25.0 Å². The minimum absolute atomic E-state index is 0.0377. The highest BCUT2D eigenvalue weighted by atomic mass is 19.1. The maximum Gasteiger partial charge on any atom is 0.244 e. The number of carbonyl (C=O) groups is 1. The van der Waals surface area contributed by atoms with E-state index in [1.165, 1.54) is 11.8 Å². The maximum absolute atomic E-state index is 13.9. The van der Waals surface area contributed by atoms with Crippen LogP contribution in [0.25, 0.3) is 0 Å². The van der Waals surface area contributed by atoms with Crippen LogP contribution in [0.5, 0.6) is 0 Å². The van der Waals surface area contributed by atoms with Gasteiger partial charge in [-0.15, -0.1) is 0 Å². The van der Waals surface area contributed by atoms with Crippen molar-refractivity contribution in [3.63, 3.8) is 0 Å². The molecule has 0 aromatic heterocycles. The van der Waals surface area contributed by atoms with Crippen LogP contribution in [0.3, 0.4) is 0 Å². The number of anilines is 1. The van der Waals surface area contributed by atoms with Crippen LogP contribution in [0, 0.1) is 18.6 Å². The van der Waals surface area contributed by atoms with Gasteiger partial charge in [-0.3, -0.25) is 4.79 Å². The Bertz CT molecular complexity index is 489. The van der Waals surface area contributed by atoms with Gasteiger partial charge < -0.3 is 10.2 Å². The van der Waals surface area contributed by atoms with Crippen LogP contribution in [0.4, 0.5) is 14.5 Å². The summed E-state index contributed by atoms with van der Waals surface area (Å²) in [6.07, 6.45) is 1.51. The lowest BCUT2D eigenvalue weighted by atomic mass is 10.0. The molecule has 0 saturated carbocycles. The second-order valence-corrected chi connectivity index (χ2v) is 4.80. The summed E-state index contributed by atoms with van der Waals surface area (Å²) in [4.78, 5) is 13.6. The fourth-order valence-electron chi connectivity index (χ4n) is 2.39. The van der Waals surface area contributed by atoms with E-state index in [0.717, 1.165) is 25.0 Å². The zero-order valence-electron chi connectivity index (χ0n) is 11.2. The topological polar surface area (TPSA) is 32.3 Å². The standard InChI is InChI=1S/C14H18F2N2O/c1-3-17-12-5-4-6-18(14(12)19)13-8-10(15)9(2)7-11(13)16/h7-8,12,17H,3-6H2,1-2H3. The number of nitrogens with one attached hydrogen (secondary N) is 1. The molecule has 5 heteroatoms. The SMILES string of the molecule is CCNC1CCCN(c2cc(F)c(C)cc2F)C1=O. The average molecular weight is 268 g/mol. The lowest BCUT2D eigenvalue weighted by Gasteiger charge is -2.32. The van der Waals surface area contributed by atoms with E-state index in [4.69, 9.17) is 0 Å². The molecule has 1 aromatic carbocycles. The van der Waals surface area contributed by atoms with Gasteiger partial charge in [0.15, 0.2) is 0 Å². The van der Waals surface area contributed by atoms with Gasteiger partial charge in [0.2, 0.25) is 5.91 Å². The molecule has 1 atom stereocenters. The van der Waals surface area contributed by atoms with Crippen LogP contribution in [-0.2, 0) is 4.79 Å². The summed E-state index contributed by atoms with van der Waals surface area (Å²) in [7, 11) is 0. The predicted molar refractivity (Wildman–Crippen MR) is 70.1 cm³/mol. The third-order valence-corrected chi connectivity index (χ3v) is 3.41. The third kappa shape index (κ3) is 2.76. The Labute approximate surface area is 111 Å². The van der Waals surface area contributed by atoms with E-state index >= 15 is 0 Å². The second kappa shape index (κ2) is 5.65. The first-order valence-electron chi connectivity index (χ1n) is 6.55. The van der Waals surface area contributed by atoms with Crippen LogP contribution in [0.2, 0.25) is 0 Å². The molecule has 1 N–H and O–H groups in total. The molecule has 1 aromatic rings. The number of benzene rings is 1. The molecule has 1 aliphatic rings. The molecule has 1 saturated heterocycles. The molecule has 19 heavy (non-hydrogen) atoms. The van der Waals surface area contributed by atoms with Crippen LogP contribution in [0.15, 0.2) is 12.1 Å². The summed E-state index contributed by atoms with van der Waals surface area (Å²) >= 11 is 0. The van der Waals surface area contributed by atoms with E-state index in [-0.39, 0.29) is 23.2 Å². The van der Waals surface area contributed by atoms with Crippen molar-refractivity contribution in [1.29, 1.82) is 0 Å². The number of nitrogens with zero attached hydrogens (tertiary/aromatic N) is 1. The molecular formula is C14H18F2N2O. The predicted octanol–water partition coefficient (Wildman–Crippen LogP) is 2.38. The number of aryl methyl sites for hydroxylation is 1. The zero-order valence-corrected chi connectivity index (χ0v) is 11.2. The number of likely N-dealkylation sites (N-methyl/N-ethyl adjacent to an activating group) is 1. The maximum atomic E-state index is 13.9. The Morgan fingerprint density at radius 2 is 2.11 bits per heavy atom. The summed E-state index contributed by atoms with van der Waals surface area (Å²) in [5.41, 5.74) is 0.282. The van der Waals surface area contributed by atoms with Crippen molar-refractivity contribution >= 4 is 11.6 Å². The number of hydrogen-bond acceptors (Lipinski definition) is 2. The molecule has 1 heterocycles. The van der Waals surface area contributed by atoms with Crippen molar-refractivity contribution in [1.82, 2.24) is 5.32 Å². The molecule has 2 rings (SSSR count). The average Bonchev–Trinajstić information content (AvgIpc) is 2.37. The summed E-state index contributed by atoms with van der Waals surface area (Å²) in [5.74, 6) is -1.23. The van der Waals surface area contributed by atoms with Crippen LogP contribution >= 0.6 is 0 Å². The van der Waals surface area contributed by atoms with Gasteiger partial charge in [-0.1, -0.05) is 6.92 Å². The Morgan fingerprint density at radius 3 is 2.79 bits per heavy atom. The molecule has 0 aliphatic carbocycles. The van der Waals surface area contributed by atoms with Crippen molar-refractivity contribution < 1.29 is 13.6 Å². The monoisotopic (exact) mass is 268 g/mol. The van der Waals surface area contributed by atoms with Gasteiger partial charge in [-0.25, -0.2) is 8.78 Å². The Kier molecular flexibility index (Phi) is 4.14. The number of amides is 1. The van der Waals surface area contributed by atoms with Crippen molar-refractivity contribution in [3.05, 3.63) is 29.3 Å². The Morgan fingerprint density at radius 1 is 1.37 bits per heavy atom. The van der Waals surface area contributed by atoms with Gasteiger partial charge in [0, 0.05) is 12.6 Å². The number of rotatable bonds is 3. The number of hydrogen-bond donors (Lipinski definition) is 1. The Balaban J connectivity index is 2.30. The summed E-state index contributed by atoms with van der Waals surface area (Å²) in [5, 5.41) is 3.07. The highest BCUT2D eigenvalue weighted by Gasteiger charge is 2.30. The van der Waals surface area contributed by atoms with Crippen molar-refractivity contribution in [2.75, 3.05) is 18.0 Å². The molecule has 1 amide bonds. The number of halogens is 2. The molecule has 3 nitrogen and oxygen atoms in total. The molecular weight excluding hydrogens is 250 g/mol. The highest BCUT2D eigenvalue weighted by molar-refractivity contribution is 5.98. The molecule has 104 valence electrons. The van der Waals surface area contributed by atoms with E-state index in [1.807, 2.05) is 6.92 Å². The summed E-state index contributed by atoms with van der Waals surface area (Å²) in [6, 6.07) is 1.94. The van der Waals surface area contributed by atoms with Crippen LogP contribution < -0.4 is 10.2 Å². The normalized spacial score (nSPS) is 19.9. The van der Waals surface area contributed by atoms with E-state index in [0.29, 0.717) is 13.1 Å². The minimum atomic E-state index is -0.551. The third-order valence-electron chi connectivity index (χ3n) is 3.41. The Hall–Kier alpha value is -1.49. The molecule has 0 spiro atoms. The van der Waals surface area contributed by atoms with Gasteiger partial charge in [0.25, 0.3) is 0 Å². The first-order valence-corrected chi connectivity index (χ1v) is 6.55. The zero-order chi connectivity index (χ0) is 14.0. The fraction of sp³-hybridized carbons (Fsp3) is 0.500. The van der Waals surface area contributed by atoms with Crippen molar-refractivity contribution in [2.24, 2.45) is 0 Å². The summed E-state index contributed by atoms with van der Waals surface area (Å²) < 4.78 is 27.5. The minimum Gasteiger partial charge on any atom is -0.308 e. The fourth-order valence-corrected chi connectivity index (χ4v) is 2.39. The summed E-state index contributed by atoms with van der Waals surface area (Å²) in [6.45, 7) is 4.52. The van der Waals surface area contributed by atoms with E-state index in [9.17, 15) is 13.6 Å². The smallest absolute Gasteiger partial charge is 0.244 e. The highest BCUT2D eigenvalue weighted by Crippen LogP contribution is 2.26. The first-order chi connectivity index (χ1) is 9.04. The molecule has 0 radical (unpaired) electrons. The van der Waals surface area contributed by atoms with E-state index < -0.39 is 11.6 Å². The van der Waals surface area contributed by atoms with Gasteiger partial charge in [-0.05, 0) is 37.9 Å². The van der Waals surface area contributed by atoms with Crippen LogP contribution in [0.1, 0.15) is 25.3 Å². The molecule has 0 bridgehead atoms. The van der Waals surface area contributed by atoms with Gasteiger partial charge in [0.05, 0.1) is 11.7 Å². The lowest BCUT2D eigenvalue weighted by molar-refractivity contribution is -0.121. The van der Waals surface area contributed by atoms with Gasteiger partial charge in [0.1, 0.15) is 11.6 Å². The molecule has 1 fully saturated rings. The van der Waals surface area contributed by atoms with Gasteiger partial charge >= 0.3 is 0 Å². The molecule has 1 unspecified atom stereocenters. The number of carbonyl (C=O) groups excluding carboxylic acids is 1. The second-order valence-electron chi connectivity index (χ2n) is 4.80. The molecule has 1 aliphatic heterocycles. The van der Waals surface area contributed by atoms with Crippen molar-refractivity contribution in [2.45, 2.75) is 32.7 Å². The van der Waals surface area contributed by atoms with E-state index in [1.54, 1.807) is 0 Å². The van der Waals surface area contributed by atoms with E-state index in [2.05, 4.69) is 5.32 Å². The van der Waals surface area contributed by atoms with Crippen molar-refractivity contribution in [3.8, 4) is 0 Å². The lowest BCUT2D eigenvalue weighted by Crippen LogP contribution is -2.51.